The fraction of sp³-hybridized carbons (Fsp3) is 0.412. The van der Waals surface area contributed by atoms with Crippen molar-refractivity contribution in [1.29, 1.82) is 0 Å². The molecule has 0 aliphatic heterocycles. The molecule has 0 unspecified atom stereocenters. The molecule has 1 amide bonds. The molecule has 0 saturated heterocycles. The number of amides is 1. The normalized spacial score (nSPS) is 11.7. The molecule has 2 rings (SSSR count). The van der Waals surface area contributed by atoms with Gasteiger partial charge in [-0.2, -0.15) is 18.3 Å². The lowest BCUT2D eigenvalue weighted by Crippen LogP contribution is -2.33. The van der Waals surface area contributed by atoms with Crippen LogP contribution in [-0.4, -0.2) is 53.4 Å². The third-order valence-corrected chi connectivity index (χ3v) is 3.57. The zero-order valence-corrected chi connectivity index (χ0v) is 14.0. The molecule has 0 spiro atoms. The Morgan fingerprint density at radius 1 is 1.28 bits per heavy atom. The molecular weight excluding hydrogens is 333 g/mol. The molecule has 25 heavy (non-hydrogen) atoms. The first-order chi connectivity index (χ1) is 11.8. The molecule has 1 N–H and O–H groups in total. The van der Waals surface area contributed by atoms with E-state index in [1.54, 1.807) is 23.0 Å². The van der Waals surface area contributed by atoms with E-state index in [0.29, 0.717) is 25.1 Å². The lowest BCUT2D eigenvalue weighted by molar-refractivity contribution is -0.143. The van der Waals surface area contributed by atoms with E-state index in [1.807, 2.05) is 24.4 Å². The van der Waals surface area contributed by atoms with Crippen molar-refractivity contribution in [3.63, 3.8) is 0 Å². The van der Waals surface area contributed by atoms with Crippen LogP contribution in [0, 0.1) is 0 Å². The van der Waals surface area contributed by atoms with Crippen LogP contribution in [0.4, 0.5) is 13.2 Å². The van der Waals surface area contributed by atoms with E-state index in [4.69, 9.17) is 0 Å². The number of rotatable bonds is 8. The standard InChI is InChI=1S/C17H21F3N4O/c1-23(13-17(18,19)20)10-2-8-21-16(25)15-6-4-14(5-7-15)12-24-11-3-9-22-24/h3-7,9,11H,2,8,10,12-13H2,1H3,(H,21,25). The van der Waals surface area contributed by atoms with Crippen LogP contribution in [0.3, 0.4) is 0 Å². The molecule has 0 bridgehead atoms. The van der Waals surface area contributed by atoms with Gasteiger partial charge in [0.1, 0.15) is 0 Å². The van der Waals surface area contributed by atoms with Gasteiger partial charge in [-0.3, -0.25) is 14.4 Å². The predicted molar refractivity (Wildman–Crippen MR) is 88.3 cm³/mol. The first-order valence-electron chi connectivity index (χ1n) is 7.93. The molecular formula is C17H21F3N4O. The molecule has 8 heteroatoms. The summed E-state index contributed by atoms with van der Waals surface area (Å²) < 4.78 is 38.4. The number of hydrogen-bond donors (Lipinski definition) is 1. The van der Waals surface area contributed by atoms with Crippen molar-refractivity contribution < 1.29 is 18.0 Å². The van der Waals surface area contributed by atoms with E-state index in [0.717, 1.165) is 5.56 Å². The molecule has 0 aliphatic rings. The topological polar surface area (TPSA) is 50.2 Å². The summed E-state index contributed by atoms with van der Waals surface area (Å²) in [4.78, 5) is 13.2. The highest BCUT2D eigenvalue weighted by Crippen LogP contribution is 2.15. The molecule has 5 nitrogen and oxygen atoms in total. The summed E-state index contributed by atoms with van der Waals surface area (Å²) in [5, 5.41) is 6.84. The average molecular weight is 354 g/mol. The van der Waals surface area contributed by atoms with E-state index in [-0.39, 0.29) is 12.5 Å². The molecule has 0 fully saturated rings. The first-order valence-corrected chi connectivity index (χ1v) is 7.93. The van der Waals surface area contributed by atoms with Gasteiger partial charge >= 0.3 is 6.18 Å². The maximum Gasteiger partial charge on any atom is 0.401 e. The summed E-state index contributed by atoms with van der Waals surface area (Å²) in [5.41, 5.74) is 1.54. The van der Waals surface area contributed by atoms with Gasteiger partial charge in [0, 0.05) is 24.5 Å². The van der Waals surface area contributed by atoms with Crippen LogP contribution in [0.1, 0.15) is 22.3 Å². The molecule has 0 atom stereocenters. The largest absolute Gasteiger partial charge is 0.401 e. The average Bonchev–Trinajstić information content (AvgIpc) is 3.03. The number of benzene rings is 1. The van der Waals surface area contributed by atoms with Crippen molar-refractivity contribution >= 4 is 5.91 Å². The molecule has 0 aliphatic carbocycles. The number of aromatic nitrogens is 2. The van der Waals surface area contributed by atoms with Gasteiger partial charge in [-0.25, -0.2) is 0 Å². The summed E-state index contributed by atoms with van der Waals surface area (Å²) in [7, 11) is 1.41. The Bertz CT molecular complexity index is 654. The van der Waals surface area contributed by atoms with Crippen LogP contribution < -0.4 is 5.32 Å². The van der Waals surface area contributed by atoms with Crippen LogP contribution in [0.15, 0.2) is 42.7 Å². The quantitative estimate of drug-likeness (QED) is 0.741. The fourth-order valence-electron chi connectivity index (χ4n) is 2.38. The number of halogens is 3. The van der Waals surface area contributed by atoms with Gasteiger partial charge in [0.2, 0.25) is 0 Å². The Kier molecular flexibility index (Phi) is 6.58. The van der Waals surface area contributed by atoms with Crippen molar-refractivity contribution in [3.8, 4) is 0 Å². The third-order valence-electron chi connectivity index (χ3n) is 3.57. The van der Waals surface area contributed by atoms with E-state index >= 15 is 0 Å². The number of carbonyl (C=O) groups is 1. The summed E-state index contributed by atoms with van der Waals surface area (Å²) in [6, 6.07) is 9.00. The summed E-state index contributed by atoms with van der Waals surface area (Å²) in [6.07, 6.45) is -0.185. The van der Waals surface area contributed by atoms with Gasteiger partial charge in [-0.15, -0.1) is 0 Å². The summed E-state index contributed by atoms with van der Waals surface area (Å²) in [6.45, 7) is 0.276. The number of hydrogen-bond acceptors (Lipinski definition) is 3. The predicted octanol–water partition coefficient (Wildman–Crippen LogP) is 2.55. The summed E-state index contributed by atoms with van der Waals surface area (Å²) >= 11 is 0. The Morgan fingerprint density at radius 3 is 2.60 bits per heavy atom. The SMILES string of the molecule is CN(CCCNC(=O)c1ccc(Cn2cccn2)cc1)CC(F)(F)F. The van der Waals surface area contributed by atoms with Gasteiger partial charge < -0.3 is 5.32 Å². The van der Waals surface area contributed by atoms with Gasteiger partial charge in [-0.1, -0.05) is 12.1 Å². The van der Waals surface area contributed by atoms with Crippen LogP contribution in [0.5, 0.6) is 0 Å². The highest BCUT2D eigenvalue weighted by molar-refractivity contribution is 5.94. The lowest BCUT2D eigenvalue weighted by Gasteiger charge is -2.18. The number of carbonyl (C=O) groups excluding carboxylic acids is 1. The van der Waals surface area contributed by atoms with Crippen LogP contribution in [-0.2, 0) is 6.54 Å². The van der Waals surface area contributed by atoms with E-state index in [9.17, 15) is 18.0 Å². The third kappa shape index (κ3) is 6.96. The van der Waals surface area contributed by atoms with Crippen molar-refractivity contribution in [1.82, 2.24) is 20.0 Å². The molecule has 0 radical (unpaired) electrons. The monoisotopic (exact) mass is 354 g/mol. The minimum atomic E-state index is -4.20. The second kappa shape index (κ2) is 8.66. The van der Waals surface area contributed by atoms with Gasteiger partial charge in [0.05, 0.1) is 13.1 Å². The molecule has 1 heterocycles. The molecule has 0 saturated carbocycles. The van der Waals surface area contributed by atoms with Crippen molar-refractivity contribution in [3.05, 3.63) is 53.9 Å². The Labute approximate surface area is 144 Å². The van der Waals surface area contributed by atoms with E-state index in [2.05, 4.69) is 10.4 Å². The fourth-order valence-corrected chi connectivity index (χ4v) is 2.38. The zero-order chi connectivity index (χ0) is 18.3. The van der Waals surface area contributed by atoms with Gasteiger partial charge in [0.15, 0.2) is 0 Å². The highest BCUT2D eigenvalue weighted by Gasteiger charge is 2.28. The van der Waals surface area contributed by atoms with Crippen LogP contribution in [0.25, 0.3) is 0 Å². The Morgan fingerprint density at radius 2 is 2.00 bits per heavy atom. The maximum atomic E-state index is 12.2. The van der Waals surface area contributed by atoms with E-state index < -0.39 is 12.7 Å². The second-order valence-electron chi connectivity index (χ2n) is 5.86. The van der Waals surface area contributed by atoms with Crippen molar-refractivity contribution in [2.24, 2.45) is 0 Å². The minimum absolute atomic E-state index is 0.232. The number of nitrogens with one attached hydrogen (secondary N) is 1. The first kappa shape index (κ1) is 19.0. The van der Waals surface area contributed by atoms with E-state index in [1.165, 1.54) is 11.9 Å². The Hall–Kier alpha value is -2.35. The minimum Gasteiger partial charge on any atom is -0.352 e. The molecule has 136 valence electrons. The lowest BCUT2D eigenvalue weighted by atomic mass is 10.1. The smallest absolute Gasteiger partial charge is 0.352 e. The highest BCUT2D eigenvalue weighted by atomic mass is 19.4. The van der Waals surface area contributed by atoms with Crippen LogP contribution >= 0.6 is 0 Å². The Balaban J connectivity index is 1.72. The second-order valence-corrected chi connectivity index (χ2v) is 5.86. The van der Waals surface area contributed by atoms with Gasteiger partial charge in [0.25, 0.3) is 5.91 Å². The van der Waals surface area contributed by atoms with Crippen molar-refractivity contribution in [2.75, 3.05) is 26.7 Å². The summed E-state index contributed by atoms with van der Waals surface area (Å²) in [5.74, 6) is -0.232. The van der Waals surface area contributed by atoms with Crippen LogP contribution in [0.2, 0.25) is 0 Å². The molecule has 1 aromatic carbocycles. The van der Waals surface area contributed by atoms with Crippen molar-refractivity contribution in [2.45, 2.75) is 19.1 Å². The number of nitrogens with zero attached hydrogens (tertiary/aromatic N) is 3. The zero-order valence-electron chi connectivity index (χ0n) is 14.0. The molecule has 1 aromatic heterocycles. The van der Waals surface area contributed by atoms with Gasteiger partial charge in [-0.05, 0) is 43.8 Å². The maximum absolute atomic E-state index is 12.2. The molecule has 2 aromatic rings. The number of alkyl halides is 3.